The van der Waals surface area contributed by atoms with Crippen LogP contribution in [0, 0.1) is 0 Å². The molecule has 16 heavy (non-hydrogen) atoms. The summed E-state index contributed by atoms with van der Waals surface area (Å²) in [6, 6.07) is 2.09. The van der Waals surface area contributed by atoms with E-state index in [9.17, 15) is 5.11 Å². The van der Waals surface area contributed by atoms with E-state index in [1.54, 1.807) is 11.3 Å². The summed E-state index contributed by atoms with van der Waals surface area (Å²) in [7, 11) is 0. The molecule has 92 valence electrons. The molecule has 0 aliphatic rings. The van der Waals surface area contributed by atoms with Crippen molar-refractivity contribution in [3.8, 4) is 0 Å². The molecule has 0 saturated heterocycles. The number of thiophene rings is 1. The third-order valence-electron chi connectivity index (χ3n) is 2.93. The first-order chi connectivity index (χ1) is 7.13. The van der Waals surface area contributed by atoms with Gasteiger partial charge < -0.3 is 10.4 Å². The van der Waals surface area contributed by atoms with E-state index in [-0.39, 0.29) is 5.54 Å². The van der Waals surface area contributed by atoms with Crippen LogP contribution in [0.15, 0.2) is 14.3 Å². The maximum absolute atomic E-state index is 10.0. The van der Waals surface area contributed by atoms with Crippen molar-refractivity contribution in [3.05, 3.63) is 19.2 Å². The summed E-state index contributed by atoms with van der Waals surface area (Å²) >= 11 is 8.62. The third-order valence-corrected chi connectivity index (χ3v) is 6.19. The van der Waals surface area contributed by atoms with Crippen molar-refractivity contribution in [2.75, 3.05) is 0 Å². The third kappa shape index (κ3) is 3.53. The minimum Gasteiger partial charge on any atom is -0.389 e. The van der Waals surface area contributed by atoms with Crippen LogP contribution in [0.2, 0.25) is 0 Å². The van der Waals surface area contributed by atoms with E-state index in [0.29, 0.717) is 0 Å². The molecule has 0 aliphatic heterocycles. The van der Waals surface area contributed by atoms with Crippen LogP contribution >= 0.6 is 43.2 Å². The molecule has 0 aliphatic carbocycles. The highest BCUT2D eigenvalue weighted by Gasteiger charge is 2.34. The van der Waals surface area contributed by atoms with Gasteiger partial charge in [-0.3, -0.25) is 0 Å². The van der Waals surface area contributed by atoms with Crippen molar-refractivity contribution < 1.29 is 5.11 Å². The van der Waals surface area contributed by atoms with Gasteiger partial charge in [0, 0.05) is 21.4 Å². The molecule has 0 amide bonds. The first kappa shape index (κ1) is 14.6. The lowest BCUT2D eigenvalue weighted by Gasteiger charge is -2.38. The minimum absolute atomic E-state index is 0.323. The molecule has 1 aromatic rings. The monoisotopic (exact) mass is 369 g/mol. The van der Waals surface area contributed by atoms with Crippen LogP contribution in [0.3, 0.4) is 0 Å². The molecular weight excluding hydrogens is 354 g/mol. The highest BCUT2D eigenvalue weighted by Crippen LogP contribution is 2.32. The van der Waals surface area contributed by atoms with E-state index < -0.39 is 5.60 Å². The smallest absolute Gasteiger partial charge is 0.0843 e. The van der Waals surface area contributed by atoms with Crippen LogP contribution in [0.5, 0.6) is 0 Å². The predicted molar refractivity (Wildman–Crippen MR) is 76.9 cm³/mol. The molecule has 0 radical (unpaired) electrons. The summed E-state index contributed by atoms with van der Waals surface area (Å²) in [6.45, 7) is 8.40. The Bertz CT molecular complexity index is 349. The zero-order valence-corrected chi connectivity index (χ0v) is 13.9. The molecular formula is C11H17Br2NOS. The van der Waals surface area contributed by atoms with Gasteiger partial charge in [-0.1, -0.05) is 0 Å². The van der Waals surface area contributed by atoms with Crippen LogP contribution < -0.4 is 5.32 Å². The van der Waals surface area contributed by atoms with Crippen LogP contribution in [-0.4, -0.2) is 16.2 Å². The van der Waals surface area contributed by atoms with E-state index in [4.69, 9.17) is 0 Å². The quantitative estimate of drug-likeness (QED) is 0.841. The Morgan fingerprint density at radius 2 is 1.88 bits per heavy atom. The van der Waals surface area contributed by atoms with Crippen molar-refractivity contribution in [2.45, 2.75) is 45.4 Å². The zero-order chi connectivity index (χ0) is 12.6. The zero-order valence-electron chi connectivity index (χ0n) is 9.90. The highest BCUT2D eigenvalue weighted by molar-refractivity contribution is 9.13. The molecule has 0 spiro atoms. The number of hydrogen-bond donors (Lipinski definition) is 2. The largest absolute Gasteiger partial charge is 0.389 e. The Morgan fingerprint density at radius 3 is 2.25 bits per heavy atom. The lowest BCUT2D eigenvalue weighted by molar-refractivity contribution is -0.00520. The molecule has 0 saturated carbocycles. The Kier molecular flexibility index (Phi) is 4.63. The van der Waals surface area contributed by atoms with Gasteiger partial charge in [0.25, 0.3) is 0 Å². The molecule has 0 fully saturated rings. The Balaban J connectivity index is 2.65. The van der Waals surface area contributed by atoms with E-state index in [0.717, 1.165) is 14.8 Å². The molecule has 2 nitrogen and oxygen atoms in total. The number of nitrogens with one attached hydrogen (secondary N) is 1. The molecule has 0 bridgehead atoms. The lowest BCUT2D eigenvalue weighted by Crippen LogP contribution is -2.55. The lowest BCUT2D eigenvalue weighted by atomic mass is 9.86. The summed E-state index contributed by atoms with van der Waals surface area (Å²) in [6.07, 6.45) is 0. The molecule has 1 rings (SSSR count). The van der Waals surface area contributed by atoms with E-state index in [1.165, 1.54) is 4.88 Å². The summed E-state index contributed by atoms with van der Waals surface area (Å²) in [4.78, 5) is 1.23. The molecule has 1 heterocycles. The van der Waals surface area contributed by atoms with Gasteiger partial charge in [-0.25, -0.2) is 0 Å². The van der Waals surface area contributed by atoms with Gasteiger partial charge in [-0.2, -0.15) is 0 Å². The molecule has 0 atom stereocenters. The fourth-order valence-corrected chi connectivity index (χ4v) is 3.12. The van der Waals surface area contributed by atoms with E-state index in [2.05, 4.69) is 43.2 Å². The van der Waals surface area contributed by atoms with Crippen LogP contribution in [0.1, 0.15) is 32.6 Å². The Labute approximate surface area is 118 Å². The van der Waals surface area contributed by atoms with Crippen molar-refractivity contribution in [2.24, 2.45) is 0 Å². The van der Waals surface area contributed by atoms with Crippen molar-refractivity contribution >= 4 is 43.2 Å². The molecule has 0 aromatic carbocycles. The Hall–Kier alpha value is 0.580. The maximum Gasteiger partial charge on any atom is 0.0843 e. The second-order valence-corrected chi connectivity index (χ2v) is 8.18. The molecule has 5 heteroatoms. The van der Waals surface area contributed by atoms with Crippen LogP contribution in [-0.2, 0) is 6.54 Å². The number of aliphatic hydroxyl groups is 1. The topological polar surface area (TPSA) is 32.3 Å². The van der Waals surface area contributed by atoms with Crippen molar-refractivity contribution in [3.63, 3.8) is 0 Å². The fourth-order valence-electron chi connectivity index (χ4n) is 1.00. The standard InChI is InChI=1S/C11H17Br2NOS/c1-10(2,11(3,4)15)14-6-7-5-8(12)9(13)16-7/h5,14-15H,6H2,1-4H3. The summed E-state index contributed by atoms with van der Waals surface area (Å²) in [5.41, 5.74) is -1.07. The SMILES string of the molecule is CC(C)(O)C(C)(C)NCc1cc(Br)c(Br)s1. The molecule has 0 unspecified atom stereocenters. The summed E-state index contributed by atoms with van der Waals surface area (Å²) < 4.78 is 2.18. The average Bonchev–Trinajstić information content (AvgIpc) is 2.41. The van der Waals surface area contributed by atoms with Gasteiger partial charge in [-0.05, 0) is 65.6 Å². The second kappa shape index (κ2) is 5.06. The fraction of sp³-hybridized carbons (Fsp3) is 0.636. The van der Waals surface area contributed by atoms with Crippen LogP contribution in [0.25, 0.3) is 0 Å². The normalized spacial score (nSPS) is 13.2. The average molecular weight is 371 g/mol. The number of halogens is 2. The van der Waals surface area contributed by atoms with E-state index >= 15 is 0 Å². The first-order valence-corrected chi connectivity index (χ1v) is 7.45. The maximum atomic E-state index is 10.0. The van der Waals surface area contributed by atoms with Gasteiger partial charge in [0.05, 0.1) is 9.39 Å². The predicted octanol–water partition coefficient (Wildman–Crippen LogP) is 3.91. The van der Waals surface area contributed by atoms with E-state index in [1.807, 2.05) is 27.7 Å². The Morgan fingerprint density at radius 1 is 1.31 bits per heavy atom. The van der Waals surface area contributed by atoms with Crippen molar-refractivity contribution in [1.29, 1.82) is 0 Å². The number of hydrogen-bond acceptors (Lipinski definition) is 3. The second-order valence-electron chi connectivity index (χ2n) is 4.87. The highest BCUT2D eigenvalue weighted by atomic mass is 79.9. The van der Waals surface area contributed by atoms with Gasteiger partial charge in [0.2, 0.25) is 0 Å². The first-order valence-electron chi connectivity index (χ1n) is 5.04. The molecule has 2 N–H and O–H groups in total. The molecule has 1 aromatic heterocycles. The summed E-state index contributed by atoms with van der Waals surface area (Å²) in [5.74, 6) is 0. The van der Waals surface area contributed by atoms with Gasteiger partial charge >= 0.3 is 0 Å². The van der Waals surface area contributed by atoms with Gasteiger partial charge in [0.1, 0.15) is 0 Å². The van der Waals surface area contributed by atoms with Gasteiger partial charge in [-0.15, -0.1) is 11.3 Å². The van der Waals surface area contributed by atoms with Gasteiger partial charge in [0.15, 0.2) is 0 Å². The summed E-state index contributed by atoms with van der Waals surface area (Å²) in [5, 5.41) is 13.4. The van der Waals surface area contributed by atoms with Crippen molar-refractivity contribution in [1.82, 2.24) is 5.32 Å². The minimum atomic E-state index is -0.751. The van der Waals surface area contributed by atoms with Crippen LogP contribution in [0.4, 0.5) is 0 Å². The number of rotatable bonds is 4.